The summed E-state index contributed by atoms with van der Waals surface area (Å²) in [5.74, 6) is 0.840. The van der Waals surface area contributed by atoms with Crippen molar-refractivity contribution in [2.45, 2.75) is 45.6 Å². The second kappa shape index (κ2) is 8.46. The highest BCUT2D eigenvalue weighted by Crippen LogP contribution is 2.31. The minimum Gasteiger partial charge on any atom is -0.483 e. The van der Waals surface area contributed by atoms with Crippen LogP contribution in [0.2, 0.25) is 0 Å². The van der Waals surface area contributed by atoms with E-state index in [1.807, 2.05) is 48.5 Å². The van der Waals surface area contributed by atoms with Gasteiger partial charge in [-0.25, -0.2) is 0 Å². The van der Waals surface area contributed by atoms with Gasteiger partial charge in [0.25, 0.3) is 5.91 Å². The van der Waals surface area contributed by atoms with Gasteiger partial charge in [-0.2, -0.15) is 0 Å². The molecule has 0 aromatic heterocycles. The van der Waals surface area contributed by atoms with E-state index in [9.17, 15) is 9.59 Å². The van der Waals surface area contributed by atoms with Crippen LogP contribution >= 0.6 is 0 Å². The highest BCUT2D eigenvalue weighted by atomic mass is 16.5. The minimum absolute atomic E-state index is 0.0252. The number of anilines is 1. The maximum absolute atomic E-state index is 12.2. The zero-order valence-electron chi connectivity index (χ0n) is 16.7. The van der Waals surface area contributed by atoms with E-state index in [-0.39, 0.29) is 29.8 Å². The number of para-hydroxylation sites is 1. The molecule has 0 saturated heterocycles. The highest BCUT2D eigenvalue weighted by Gasteiger charge is 2.29. The van der Waals surface area contributed by atoms with Crippen LogP contribution in [0.4, 0.5) is 5.69 Å². The van der Waals surface area contributed by atoms with Gasteiger partial charge in [0.05, 0.1) is 0 Å². The quantitative estimate of drug-likeness (QED) is 0.762. The molecule has 2 aromatic rings. The van der Waals surface area contributed by atoms with Crippen molar-refractivity contribution in [3.8, 4) is 5.75 Å². The Kier molecular flexibility index (Phi) is 6.02. The SMILES string of the molecule is CC(C)(C)c1ccccc1OCC(=O)NCc1ccc(NC(=O)C2CC2)cc1. The molecule has 148 valence electrons. The van der Waals surface area contributed by atoms with Gasteiger partial charge in [0.15, 0.2) is 6.61 Å². The van der Waals surface area contributed by atoms with Crippen LogP contribution in [-0.2, 0) is 21.5 Å². The summed E-state index contributed by atoms with van der Waals surface area (Å²) in [6, 6.07) is 15.3. The third-order valence-corrected chi connectivity index (χ3v) is 4.71. The molecule has 2 N–H and O–H groups in total. The molecular formula is C23H28N2O3. The number of benzene rings is 2. The number of rotatable bonds is 7. The first kappa shape index (κ1) is 19.9. The second-order valence-corrected chi connectivity index (χ2v) is 8.27. The standard InChI is InChI=1S/C23H28N2O3/c1-23(2,3)19-6-4-5-7-20(19)28-15-21(26)24-14-16-8-12-18(13-9-16)25-22(27)17-10-11-17/h4-9,12-13,17H,10-11,14-15H2,1-3H3,(H,24,26)(H,25,27). The molecule has 1 fully saturated rings. The molecule has 0 spiro atoms. The largest absolute Gasteiger partial charge is 0.483 e. The lowest BCUT2D eigenvalue weighted by Crippen LogP contribution is -2.29. The van der Waals surface area contributed by atoms with Crippen molar-refractivity contribution in [2.75, 3.05) is 11.9 Å². The molecule has 1 saturated carbocycles. The Bertz CT molecular complexity index is 834. The average molecular weight is 380 g/mol. The van der Waals surface area contributed by atoms with Crippen LogP contribution < -0.4 is 15.4 Å². The van der Waals surface area contributed by atoms with E-state index >= 15 is 0 Å². The molecule has 1 aliphatic rings. The first-order valence-electron chi connectivity index (χ1n) is 9.72. The van der Waals surface area contributed by atoms with Crippen molar-refractivity contribution in [3.05, 3.63) is 59.7 Å². The Morgan fingerprint density at radius 1 is 1.04 bits per heavy atom. The molecule has 28 heavy (non-hydrogen) atoms. The summed E-state index contributed by atoms with van der Waals surface area (Å²) in [7, 11) is 0. The summed E-state index contributed by atoms with van der Waals surface area (Å²) in [6.45, 7) is 6.74. The maximum atomic E-state index is 12.2. The Balaban J connectivity index is 1.46. The molecule has 1 aliphatic carbocycles. The van der Waals surface area contributed by atoms with Gasteiger partial charge in [-0.05, 0) is 47.6 Å². The van der Waals surface area contributed by atoms with Crippen molar-refractivity contribution >= 4 is 17.5 Å². The molecule has 2 aromatic carbocycles. The summed E-state index contributed by atoms with van der Waals surface area (Å²) >= 11 is 0. The first-order chi connectivity index (χ1) is 13.3. The van der Waals surface area contributed by atoms with Crippen LogP contribution in [0.3, 0.4) is 0 Å². The zero-order chi connectivity index (χ0) is 20.1. The summed E-state index contributed by atoms with van der Waals surface area (Å²) in [5, 5.41) is 5.77. The van der Waals surface area contributed by atoms with Crippen molar-refractivity contribution in [3.63, 3.8) is 0 Å². The molecule has 0 heterocycles. The van der Waals surface area contributed by atoms with E-state index in [0.717, 1.165) is 35.4 Å². The third kappa shape index (κ3) is 5.59. The lowest BCUT2D eigenvalue weighted by Gasteiger charge is -2.22. The van der Waals surface area contributed by atoms with Crippen molar-refractivity contribution in [1.82, 2.24) is 5.32 Å². The van der Waals surface area contributed by atoms with Gasteiger partial charge in [0.1, 0.15) is 5.75 Å². The van der Waals surface area contributed by atoms with E-state index in [2.05, 4.69) is 31.4 Å². The molecule has 0 bridgehead atoms. The molecule has 0 radical (unpaired) electrons. The number of ether oxygens (including phenoxy) is 1. The predicted molar refractivity (Wildman–Crippen MR) is 110 cm³/mol. The summed E-state index contributed by atoms with van der Waals surface area (Å²) in [5.41, 5.74) is 2.78. The fourth-order valence-electron chi connectivity index (χ4n) is 2.90. The third-order valence-electron chi connectivity index (χ3n) is 4.71. The monoisotopic (exact) mass is 380 g/mol. The van der Waals surface area contributed by atoms with E-state index < -0.39 is 0 Å². The van der Waals surface area contributed by atoms with Crippen molar-refractivity contribution in [1.29, 1.82) is 0 Å². The highest BCUT2D eigenvalue weighted by molar-refractivity contribution is 5.94. The van der Waals surface area contributed by atoms with Gasteiger partial charge in [-0.3, -0.25) is 9.59 Å². The summed E-state index contributed by atoms with van der Waals surface area (Å²) < 4.78 is 5.75. The van der Waals surface area contributed by atoms with Gasteiger partial charge >= 0.3 is 0 Å². The second-order valence-electron chi connectivity index (χ2n) is 8.27. The molecule has 5 heteroatoms. The van der Waals surface area contributed by atoms with Gasteiger partial charge in [-0.1, -0.05) is 51.1 Å². The first-order valence-corrected chi connectivity index (χ1v) is 9.72. The predicted octanol–water partition coefficient (Wildman–Crippen LogP) is 4.03. The van der Waals surface area contributed by atoms with Gasteiger partial charge in [-0.15, -0.1) is 0 Å². The summed E-state index contributed by atoms with van der Waals surface area (Å²) in [6.07, 6.45) is 1.97. The number of amides is 2. The molecule has 0 atom stereocenters. The number of nitrogens with one attached hydrogen (secondary N) is 2. The topological polar surface area (TPSA) is 67.4 Å². The van der Waals surface area contributed by atoms with Crippen molar-refractivity contribution in [2.24, 2.45) is 5.92 Å². The zero-order valence-corrected chi connectivity index (χ0v) is 16.7. The Labute approximate surface area is 166 Å². The van der Waals surface area contributed by atoms with Gasteiger partial charge in [0, 0.05) is 18.2 Å². The summed E-state index contributed by atoms with van der Waals surface area (Å²) in [4.78, 5) is 23.9. The number of hydrogen-bond acceptors (Lipinski definition) is 3. The average Bonchev–Trinajstić information content (AvgIpc) is 3.50. The Morgan fingerprint density at radius 3 is 2.36 bits per heavy atom. The number of carbonyl (C=O) groups excluding carboxylic acids is 2. The normalized spacial score (nSPS) is 13.7. The van der Waals surface area contributed by atoms with Crippen LogP contribution in [0.1, 0.15) is 44.7 Å². The van der Waals surface area contributed by atoms with Crippen LogP contribution in [0, 0.1) is 5.92 Å². The molecule has 3 rings (SSSR count). The molecular weight excluding hydrogens is 352 g/mol. The van der Waals surface area contributed by atoms with Crippen molar-refractivity contribution < 1.29 is 14.3 Å². The lowest BCUT2D eigenvalue weighted by molar-refractivity contribution is -0.123. The fourth-order valence-corrected chi connectivity index (χ4v) is 2.90. The van der Waals surface area contributed by atoms with Crippen LogP contribution in [0.25, 0.3) is 0 Å². The minimum atomic E-state index is -0.171. The van der Waals surface area contributed by atoms with Gasteiger partial charge < -0.3 is 15.4 Å². The van der Waals surface area contributed by atoms with Crippen LogP contribution in [0.15, 0.2) is 48.5 Å². The van der Waals surface area contributed by atoms with Crippen LogP contribution in [0.5, 0.6) is 5.75 Å². The van der Waals surface area contributed by atoms with E-state index in [0.29, 0.717) is 6.54 Å². The molecule has 2 amide bonds. The Morgan fingerprint density at radius 2 is 1.71 bits per heavy atom. The number of carbonyl (C=O) groups is 2. The smallest absolute Gasteiger partial charge is 0.258 e. The van der Waals surface area contributed by atoms with E-state index in [1.54, 1.807) is 0 Å². The Hall–Kier alpha value is -2.82. The fraction of sp³-hybridized carbons (Fsp3) is 0.391. The van der Waals surface area contributed by atoms with Gasteiger partial charge in [0.2, 0.25) is 5.91 Å². The molecule has 0 aliphatic heterocycles. The maximum Gasteiger partial charge on any atom is 0.258 e. The molecule has 0 unspecified atom stereocenters. The van der Waals surface area contributed by atoms with E-state index in [4.69, 9.17) is 4.74 Å². The lowest BCUT2D eigenvalue weighted by atomic mass is 9.86. The van der Waals surface area contributed by atoms with Crippen LogP contribution in [-0.4, -0.2) is 18.4 Å². The molecule has 5 nitrogen and oxygen atoms in total. The number of hydrogen-bond donors (Lipinski definition) is 2. The van der Waals surface area contributed by atoms with E-state index in [1.165, 1.54) is 0 Å².